The number of carbonyl (C=O) groups excluding carboxylic acids is 1. The van der Waals surface area contributed by atoms with Gasteiger partial charge in [0.15, 0.2) is 0 Å². The number of nitrogens with zero attached hydrogens (tertiary/aromatic N) is 3. The smallest absolute Gasteiger partial charge is 0.271 e. The molecule has 0 bridgehead atoms. The van der Waals surface area contributed by atoms with Gasteiger partial charge < -0.3 is 15.0 Å². The maximum Gasteiger partial charge on any atom is 0.271 e. The van der Waals surface area contributed by atoms with Gasteiger partial charge in [-0.1, -0.05) is 32.0 Å². The standard InChI is InChI=1S/C22H30N4O3/c1-17-14-18(2)16-25(15-17)11-10-23-22(28)20-8-9-21(27)26(24-20)12-13-29-19-6-4-3-5-7-19/h3-9,17-18H,10-16H2,1-2H3,(H,23,28). The maximum atomic E-state index is 12.4. The number of ether oxygens (including phenoxy) is 1. The number of amides is 1. The highest BCUT2D eigenvalue weighted by atomic mass is 16.5. The Bertz CT molecular complexity index is 843. The second-order valence-electron chi connectivity index (χ2n) is 7.90. The second kappa shape index (κ2) is 10.2. The fraction of sp³-hybridized carbons (Fsp3) is 0.500. The van der Waals surface area contributed by atoms with Crippen LogP contribution in [-0.2, 0) is 6.54 Å². The van der Waals surface area contributed by atoms with Gasteiger partial charge in [-0.15, -0.1) is 0 Å². The van der Waals surface area contributed by atoms with Gasteiger partial charge >= 0.3 is 0 Å². The molecular weight excluding hydrogens is 368 g/mol. The lowest BCUT2D eigenvalue weighted by atomic mass is 9.92. The first-order valence-electron chi connectivity index (χ1n) is 10.3. The Labute approximate surface area is 171 Å². The molecule has 1 N–H and O–H groups in total. The third-order valence-electron chi connectivity index (χ3n) is 5.07. The second-order valence-corrected chi connectivity index (χ2v) is 7.90. The molecule has 2 heterocycles. The van der Waals surface area contributed by atoms with E-state index in [1.54, 1.807) is 0 Å². The molecule has 1 fully saturated rings. The summed E-state index contributed by atoms with van der Waals surface area (Å²) in [5.74, 6) is 1.85. The quantitative estimate of drug-likeness (QED) is 0.736. The molecule has 156 valence electrons. The normalized spacial score (nSPS) is 19.7. The van der Waals surface area contributed by atoms with Gasteiger partial charge in [0.05, 0.1) is 6.54 Å². The van der Waals surface area contributed by atoms with Gasteiger partial charge in [0.2, 0.25) is 0 Å². The predicted octanol–water partition coefficient (Wildman–Crippen LogP) is 2.03. The number of piperidine rings is 1. The first-order valence-corrected chi connectivity index (χ1v) is 10.3. The van der Waals surface area contributed by atoms with Crippen LogP contribution < -0.4 is 15.6 Å². The molecule has 1 aliphatic rings. The summed E-state index contributed by atoms with van der Waals surface area (Å²) in [5, 5.41) is 7.11. The fourth-order valence-electron chi connectivity index (χ4n) is 3.89. The van der Waals surface area contributed by atoms with Crippen molar-refractivity contribution in [1.82, 2.24) is 20.0 Å². The summed E-state index contributed by atoms with van der Waals surface area (Å²) in [6, 6.07) is 12.2. The van der Waals surface area contributed by atoms with Crippen molar-refractivity contribution < 1.29 is 9.53 Å². The van der Waals surface area contributed by atoms with Crippen LogP contribution in [0.15, 0.2) is 47.3 Å². The van der Waals surface area contributed by atoms with Gasteiger partial charge in [-0.2, -0.15) is 5.10 Å². The van der Waals surface area contributed by atoms with Gasteiger partial charge in [0, 0.05) is 32.2 Å². The molecule has 0 radical (unpaired) electrons. The lowest BCUT2D eigenvalue weighted by molar-refractivity contribution is 0.0928. The lowest BCUT2D eigenvalue weighted by Crippen LogP contribution is -2.43. The summed E-state index contributed by atoms with van der Waals surface area (Å²) in [7, 11) is 0. The van der Waals surface area contributed by atoms with Crippen molar-refractivity contribution in [2.75, 3.05) is 32.8 Å². The van der Waals surface area contributed by atoms with Crippen molar-refractivity contribution in [3.05, 3.63) is 58.5 Å². The molecule has 2 aromatic rings. The molecule has 0 spiro atoms. The Kier molecular flexibility index (Phi) is 7.41. The summed E-state index contributed by atoms with van der Waals surface area (Å²) >= 11 is 0. The average molecular weight is 399 g/mol. The zero-order valence-electron chi connectivity index (χ0n) is 17.2. The highest BCUT2D eigenvalue weighted by molar-refractivity contribution is 5.91. The largest absolute Gasteiger partial charge is 0.492 e. The number of benzene rings is 1. The van der Waals surface area contributed by atoms with Crippen molar-refractivity contribution in [2.24, 2.45) is 11.8 Å². The molecule has 1 aliphatic heterocycles. The Hall–Kier alpha value is -2.67. The van der Waals surface area contributed by atoms with Crippen LogP contribution in [0.2, 0.25) is 0 Å². The molecule has 2 unspecified atom stereocenters. The van der Waals surface area contributed by atoms with Gasteiger partial charge in [0.25, 0.3) is 11.5 Å². The minimum Gasteiger partial charge on any atom is -0.492 e. The van der Waals surface area contributed by atoms with Crippen molar-refractivity contribution in [1.29, 1.82) is 0 Å². The van der Waals surface area contributed by atoms with E-state index in [2.05, 4.69) is 29.2 Å². The molecule has 7 heteroatoms. The van der Waals surface area contributed by atoms with Crippen LogP contribution in [-0.4, -0.2) is 53.4 Å². The van der Waals surface area contributed by atoms with Crippen LogP contribution in [0.5, 0.6) is 5.75 Å². The van der Waals surface area contributed by atoms with Crippen LogP contribution in [0, 0.1) is 11.8 Å². The van der Waals surface area contributed by atoms with Crippen LogP contribution in [0.3, 0.4) is 0 Å². The highest BCUT2D eigenvalue weighted by Gasteiger charge is 2.21. The summed E-state index contributed by atoms with van der Waals surface area (Å²) in [4.78, 5) is 26.9. The molecule has 1 aromatic heterocycles. The van der Waals surface area contributed by atoms with Crippen LogP contribution in [0.1, 0.15) is 30.8 Å². The van der Waals surface area contributed by atoms with Gasteiger partial charge in [-0.3, -0.25) is 9.59 Å². The lowest BCUT2D eigenvalue weighted by Gasteiger charge is -2.34. The zero-order valence-corrected chi connectivity index (χ0v) is 17.2. The van der Waals surface area contributed by atoms with Crippen LogP contribution in [0.4, 0.5) is 0 Å². The summed E-state index contributed by atoms with van der Waals surface area (Å²) in [5.41, 5.74) is -0.0146. The average Bonchev–Trinajstić information content (AvgIpc) is 2.69. The summed E-state index contributed by atoms with van der Waals surface area (Å²) in [6.45, 7) is 8.66. The molecule has 1 amide bonds. The zero-order chi connectivity index (χ0) is 20.6. The van der Waals surface area contributed by atoms with Crippen molar-refractivity contribution in [3.63, 3.8) is 0 Å². The first-order chi connectivity index (χ1) is 14.0. The van der Waals surface area contributed by atoms with E-state index in [9.17, 15) is 9.59 Å². The third kappa shape index (κ3) is 6.42. The van der Waals surface area contributed by atoms with E-state index < -0.39 is 0 Å². The molecule has 2 atom stereocenters. The van der Waals surface area contributed by atoms with Crippen molar-refractivity contribution >= 4 is 5.91 Å². The van der Waals surface area contributed by atoms with E-state index in [1.807, 2.05) is 30.3 Å². The van der Waals surface area contributed by atoms with E-state index in [0.717, 1.165) is 25.4 Å². The Balaban J connectivity index is 1.49. The Morgan fingerprint density at radius 2 is 1.83 bits per heavy atom. The van der Waals surface area contributed by atoms with E-state index in [-0.39, 0.29) is 23.7 Å². The van der Waals surface area contributed by atoms with E-state index >= 15 is 0 Å². The number of para-hydroxylation sites is 1. The van der Waals surface area contributed by atoms with Crippen molar-refractivity contribution in [3.8, 4) is 5.75 Å². The summed E-state index contributed by atoms with van der Waals surface area (Å²) < 4.78 is 6.88. The van der Waals surface area contributed by atoms with Crippen molar-refractivity contribution in [2.45, 2.75) is 26.8 Å². The molecule has 1 aromatic carbocycles. The number of likely N-dealkylation sites (tertiary alicyclic amines) is 1. The van der Waals surface area contributed by atoms with Gasteiger partial charge in [0.1, 0.15) is 18.1 Å². The molecule has 0 aliphatic carbocycles. The first kappa shape index (κ1) is 21.0. The molecule has 29 heavy (non-hydrogen) atoms. The van der Waals surface area contributed by atoms with Crippen LogP contribution >= 0.6 is 0 Å². The minimum atomic E-state index is -0.263. The number of nitrogens with one attached hydrogen (secondary N) is 1. The Morgan fingerprint density at radius 1 is 1.10 bits per heavy atom. The topological polar surface area (TPSA) is 76.5 Å². The third-order valence-corrected chi connectivity index (χ3v) is 5.07. The predicted molar refractivity (Wildman–Crippen MR) is 112 cm³/mol. The SMILES string of the molecule is CC1CC(C)CN(CCNC(=O)c2ccc(=O)n(CCOc3ccccc3)n2)C1. The molecule has 3 rings (SSSR count). The van der Waals surface area contributed by atoms with E-state index in [1.165, 1.54) is 23.2 Å². The van der Waals surface area contributed by atoms with E-state index in [0.29, 0.717) is 25.0 Å². The number of rotatable bonds is 8. The number of hydrogen-bond donors (Lipinski definition) is 1. The van der Waals surface area contributed by atoms with E-state index in [4.69, 9.17) is 4.74 Å². The van der Waals surface area contributed by atoms with Gasteiger partial charge in [-0.25, -0.2) is 4.68 Å². The molecule has 1 saturated heterocycles. The molecular formula is C22H30N4O3. The monoisotopic (exact) mass is 398 g/mol. The highest BCUT2D eigenvalue weighted by Crippen LogP contribution is 2.20. The number of hydrogen-bond acceptors (Lipinski definition) is 5. The number of aromatic nitrogens is 2. The Morgan fingerprint density at radius 3 is 2.55 bits per heavy atom. The minimum absolute atomic E-state index is 0.240. The summed E-state index contributed by atoms with van der Waals surface area (Å²) in [6.07, 6.45) is 1.27. The fourth-order valence-corrected chi connectivity index (χ4v) is 3.89. The maximum absolute atomic E-state index is 12.4. The van der Waals surface area contributed by atoms with Gasteiger partial charge in [-0.05, 0) is 36.5 Å². The molecule has 0 saturated carbocycles. The number of carbonyl (C=O) groups is 1. The van der Waals surface area contributed by atoms with Crippen LogP contribution in [0.25, 0.3) is 0 Å². The molecule has 7 nitrogen and oxygen atoms in total.